The number of nitro benzene ring substituents is 1. The lowest BCUT2D eigenvalue weighted by Crippen LogP contribution is -2.64. The zero-order chi connectivity index (χ0) is 27.5. The highest BCUT2D eigenvalue weighted by atomic mass is 32.2. The minimum absolute atomic E-state index is 0.0133. The number of benzene rings is 1. The van der Waals surface area contributed by atoms with Crippen molar-refractivity contribution in [3.63, 3.8) is 0 Å². The standard InChI is InChI=1S/C25H37N3O7SSi/c1-16(35-37(5,6)25(2,3)4)22-20(26-23(22)30)13-21(29)36-19-11-12-27(14-19)24(31)34-15-17-7-9-18(10-8-17)28(32)33/h7-10,16,19-20,22H,11-15H2,1-6H3,(H,26,30)/t16-,19+,20-,22-/m1/s1. The predicted octanol–water partition coefficient (Wildman–Crippen LogP) is 4.48. The minimum atomic E-state index is -2.04. The Hall–Kier alpha value is -2.44. The summed E-state index contributed by atoms with van der Waals surface area (Å²) in [7, 11) is -2.04. The molecule has 1 aromatic rings. The molecule has 10 nitrogen and oxygen atoms in total. The van der Waals surface area contributed by atoms with Gasteiger partial charge in [-0.05, 0) is 49.2 Å². The van der Waals surface area contributed by atoms with E-state index in [1.807, 2.05) is 6.92 Å². The van der Waals surface area contributed by atoms with Gasteiger partial charge in [-0.3, -0.25) is 19.7 Å². The lowest BCUT2D eigenvalue weighted by atomic mass is 9.84. The summed E-state index contributed by atoms with van der Waals surface area (Å²) in [6, 6.07) is 5.60. The quantitative estimate of drug-likeness (QED) is 0.206. The molecule has 2 aliphatic rings. The zero-order valence-electron chi connectivity index (χ0n) is 22.3. The fraction of sp³-hybridized carbons (Fsp3) is 0.640. The first kappa shape index (κ1) is 29.1. The Labute approximate surface area is 223 Å². The Morgan fingerprint density at radius 1 is 1.27 bits per heavy atom. The van der Waals surface area contributed by atoms with Gasteiger partial charge >= 0.3 is 6.09 Å². The number of hydrogen-bond donors (Lipinski definition) is 1. The van der Waals surface area contributed by atoms with Crippen LogP contribution in [0.15, 0.2) is 24.3 Å². The second kappa shape index (κ2) is 11.5. The molecule has 4 atom stereocenters. The molecule has 204 valence electrons. The van der Waals surface area contributed by atoms with Crippen molar-refractivity contribution in [2.24, 2.45) is 5.92 Å². The third-order valence-corrected chi connectivity index (χ3v) is 13.2. The summed E-state index contributed by atoms with van der Waals surface area (Å²) in [5.41, 5.74) is 0.632. The molecule has 2 fully saturated rings. The van der Waals surface area contributed by atoms with Crippen LogP contribution in [0, 0.1) is 16.0 Å². The van der Waals surface area contributed by atoms with Crippen molar-refractivity contribution in [1.82, 2.24) is 10.2 Å². The second-order valence-electron chi connectivity index (χ2n) is 11.3. The Morgan fingerprint density at radius 3 is 2.49 bits per heavy atom. The van der Waals surface area contributed by atoms with Crippen LogP contribution in [0.1, 0.15) is 46.1 Å². The van der Waals surface area contributed by atoms with Gasteiger partial charge in [0.25, 0.3) is 5.69 Å². The van der Waals surface area contributed by atoms with Gasteiger partial charge in [-0.1, -0.05) is 32.5 Å². The van der Waals surface area contributed by atoms with Crippen molar-refractivity contribution in [3.05, 3.63) is 39.9 Å². The van der Waals surface area contributed by atoms with E-state index in [0.717, 1.165) is 0 Å². The molecule has 2 saturated heterocycles. The molecule has 2 heterocycles. The third kappa shape index (κ3) is 7.32. The molecular weight excluding hydrogens is 514 g/mol. The van der Waals surface area contributed by atoms with Crippen molar-refractivity contribution in [3.8, 4) is 0 Å². The fourth-order valence-corrected chi connectivity index (χ4v) is 6.80. The average molecular weight is 552 g/mol. The highest BCUT2D eigenvalue weighted by Gasteiger charge is 2.48. The van der Waals surface area contributed by atoms with E-state index in [4.69, 9.17) is 9.16 Å². The number of nitrogens with one attached hydrogen (secondary N) is 1. The van der Waals surface area contributed by atoms with Gasteiger partial charge in [0.05, 0.1) is 23.0 Å². The SMILES string of the molecule is C[C@@H](O[Si](C)(C)C(C)(C)C)[C@H]1C(=O)N[C@@H]1CC(=O)S[C@H]1CCN(C(=O)OCc2ccc([N+](=O)[O-])cc2)C1. The van der Waals surface area contributed by atoms with Crippen molar-refractivity contribution in [1.29, 1.82) is 0 Å². The first-order chi connectivity index (χ1) is 17.2. The smallest absolute Gasteiger partial charge is 0.410 e. The highest BCUT2D eigenvalue weighted by molar-refractivity contribution is 8.14. The molecule has 12 heteroatoms. The van der Waals surface area contributed by atoms with Crippen molar-refractivity contribution in [2.45, 2.75) is 82.7 Å². The molecule has 0 bridgehead atoms. The summed E-state index contributed by atoms with van der Waals surface area (Å²) in [5.74, 6) is -0.412. The fourth-order valence-electron chi connectivity index (χ4n) is 4.24. The molecule has 2 aliphatic heterocycles. The first-order valence-corrected chi connectivity index (χ1v) is 16.3. The number of nitrogens with zero attached hydrogens (tertiary/aromatic N) is 2. The highest BCUT2D eigenvalue weighted by Crippen LogP contribution is 2.39. The molecule has 0 saturated carbocycles. The molecule has 0 radical (unpaired) electrons. The monoisotopic (exact) mass is 551 g/mol. The lowest BCUT2D eigenvalue weighted by Gasteiger charge is -2.45. The minimum Gasteiger partial charge on any atom is -0.445 e. The third-order valence-electron chi connectivity index (χ3n) is 7.45. The molecule has 1 N–H and O–H groups in total. The van der Waals surface area contributed by atoms with Crippen LogP contribution in [0.4, 0.5) is 10.5 Å². The number of rotatable bonds is 9. The number of β-lactam (4-membered cyclic amide) rings is 1. The number of thioether (sulfide) groups is 1. The number of non-ortho nitro benzene ring substituents is 1. The van der Waals surface area contributed by atoms with Gasteiger partial charge < -0.3 is 19.4 Å². The molecule has 0 unspecified atom stereocenters. The van der Waals surface area contributed by atoms with Gasteiger partial charge in [0, 0.05) is 36.9 Å². The second-order valence-corrected chi connectivity index (χ2v) is 17.4. The zero-order valence-corrected chi connectivity index (χ0v) is 24.1. The number of nitro groups is 1. The van der Waals surface area contributed by atoms with Crippen molar-refractivity contribution >= 4 is 42.9 Å². The van der Waals surface area contributed by atoms with Gasteiger partial charge in [-0.25, -0.2) is 4.79 Å². The van der Waals surface area contributed by atoms with Crippen molar-refractivity contribution < 1.29 is 28.5 Å². The normalized spacial score (nSPS) is 22.7. The van der Waals surface area contributed by atoms with Crippen LogP contribution < -0.4 is 5.32 Å². The van der Waals surface area contributed by atoms with Crippen molar-refractivity contribution in [2.75, 3.05) is 13.1 Å². The molecule has 0 aromatic heterocycles. The average Bonchev–Trinajstić information content (AvgIpc) is 3.24. The Bertz CT molecular complexity index is 1030. The van der Waals surface area contributed by atoms with E-state index in [9.17, 15) is 24.5 Å². The van der Waals surface area contributed by atoms with Gasteiger partial charge in [0.2, 0.25) is 5.91 Å². The van der Waals surface area contributed by atoms with Gasteiger partial charge in [0.15, 0.2) is 13.4 Å². The predicted molar refractivity (Wildman–Crippen MR) is 144 cm³/mol. The number of carbonyl (C=O) groups is 3. The van der Waals surface area contributed by atoms with Crippen LogP contribution in [0.5, 0.6) is 0 Å². The number of amides is 2. The van der Waals surface area contributed by atoms with Crippen LogP contribution in [-0.2, 0) is 25.4 Å². The topological polar surface area (TPSA) is 128 Å². The summed E-state index contributed by atoms with van der Waals surface area (Å²) in [4.78, 5) is 49.3. The Morgan fingerprint density at radius 2 is 1.92 bits per heavy atom. The molecule has 3 rings (SSSR count). The van der Waals surface area contributed by atoms with E-state index in [1.54, 1.807) is 17.0 Å². The number of likely N-dealkylation sites (tertiary alicyclic amines) is 1. The number of ether oxygens (including phenoxy) is 1. The van der Waals surface area contributed by atoms with E-state index < -0.39 is 19.3 Å². The molecule has 2 amide bonds. The summed E-state index contributed by atoms with van der Waals surface area (Å²) < 4.78 is 11.7. The van der Waals surface area contributed by atoms with Gasteiger partial charge in [-0.15, -0.1) is 0 Å². The molecule has 37 heavy (non-hydrogen) atoms. The maximum atomic E-state index is 12.8. The Kier molecular flexibility index (Phi) is 9.07. The van der Waals surface area contributed by atoms with Crippen LogP contribution in [-0.4, -0.2) is 65.7 Å². The maximum Gasteiger partial charge on any atom is 0.410 e. The largest absolute Gasteiger partial charge is 0.445 e. The van der Waals surface area contributed by atoms with Gasteiger partial charge in [-0.2, -0.15) is 0 Å². The van der Waals surface area contributed by atoms with E-state index in [2.05, 4.69) is 39.2 Å². The maximum absolute atomic E-state index is 12.8. The van der Waals surface area contributed by atoms with Crippen LogP contribution in [0.25, 0.3) is 0 Å². The molecule has 0 aliphatic carbocycles. The first-order valence-electron chi connectivity index (χ1n) is 12.5. The van der Waals surface area contributed by atoms with E-state index in [-0.39, 0.29) is 58.1 Å². The summed E-state index contributed by atoms with van der Waals surface area (Å²) >= 11 is 1.22. The lowest BCUT2D eigenvalue weighted by molar-refractivity contribution is -0.384. The van der Waals surface area contributed by atoms with Crippen LogP contribution >= 0.6 is 11.8 Å². The number of carbonyl (C=O) groups excluding carboxylic acids is 3. The summed E-state index contributed by atoms with van der Waals surface area (Å²) in [6.07, 6.45) is 0.170. The number of hydrogen-bond acceptors (Lipinski definition) is 8. The molecular formula is C25H37N3O7SSi. The summed E-state index contributed by atoms with van der Waals surface area (Å²) in [5, 5.41) is 13.6. The molecule has 0 spiro atoms. The van der Waals surface area contributed by atoms with E-state index in [0.29, 0.717) is 25.1 Å². The Balaban J connectivity index is 1.43. The van der Waals surface area contributed by atoms with Crippen LogP contribution in [0.3, 0.4) is 0 Å². The van der Waals surface area contributed by atoms with Crippen LogP contribution in [0.2, 0.25) is 18.1 Å². The van der Waals surface area contributed by atoms with E-state index in [1.165, 1.54) is 23.9 Å². The molecule has 1 aromatic carbocycles. The summed E-state index contributed by atoms with van der Waals surface area (Å²) in [6.45, 7) is 13.6. The van der Waals surface area contributed by atoms with Gasteiger partial charge in [0.1, 0.15) is 6.61 Å². The van der Waals surface area contributed by atoms with E-state index >= 15 is 0 Å².